The van der Waals surface area contributed by atoms with Crippen molar-refractivity contribution in [2.75, 3.05) is 18.4 Å². The Morgan fingerprint density at radius 2 is 2.07 bits per heavy atom. The second kappa shape index (κ2) is 8.11. The fourth-order valence-electron chi connectivity index (χ4n) is 3.75. The van der Waals surface area contributed by atoms with Gasteiger partial charge >= 0.3 is 0 Å². The number of H-pyrrole nitrogens is 1. The van der Waals surface area contributed by atoms with E-state index in [9.17, 15) is 4.79 Å². The zero-order chi connectivity index (χ0) is 19.4. The predicted molar refractivity (Wildman–Crippen MR) is 109 cm³/mol. The van der Waals surface area contributed by atoms with Crippen molar-refractivity contribution in [2.24, 2.45) is 10.2 Å². The first-order valence-electron chi connectivity index (χ1n) is 10.0. The van der Waals surface area contributed by atoms with Crippen molar-refractivity contribution in [3.63, 3.8) is 0 Å². The number of terminal acetylenes is 1. The summed E-state index contributed by atoms with van der Waals surface area (Å²) in [6.45, 7) is 3.13. The maximum absolute atomic E-state index is 12.3. The van der Waals surface area contributed by atoms with Crippen molar-refractivity contribution in [1.82, 2.24) is 14.9 Å². The summed E-state index contributed by atoms with van der Waals surface area (Å²) in [7, 11) is 0. The molecule has 1 aromatic carbocycles. The number of rotatable bonds is 8. The smallest absolute Gasteiger partial charge is 0.224 e. The van der Waals surface area contributed by atoms with Gasteiger partial charge in [0.15, 0.2) is 5.66 Å². The lowest BCUT2D eigenvalue weighted by atomic mass is 10.0. The molecule has 1 amide bonds. The molecule has 28 heavy (non-hydrogen) atoms. The number of carbonyl (C=O) groups excluding carboxylic acids is 1. The monoisotopic (exact) mass is 378 g/mol. The fourth-order valence-corrected chi connectivity index (χ4v) is 3.75. The van der Waals surface area contributed by atoms with Gasteiger partial charge in [-0.3, -0.25) is 9.69 Å². The molecule has 1 aromatic heterocycles. The minimum Gasteiger partial charge on any atom is -0.341 e. The third kappa shape index (κ3) is 4.57. The molecule has 0 unspecified atom stereocenters. The molecular weight excluding hydrogens is 352 g/mol. The zero-order valence-corrected chi connectivity index (χ0v) is 16.1. The normalized spacial score (nSPS) is 18.1. The van der Waals surface area contributed by atoms with Crippen LogP contribution >= 0.6 is 0 Å². The molecule has 2 N–H and O–H groups in total. The van der Waals surface area contributed by atoms with Crippen LogP contribution in [0.1, 0.15) is 50.8 Å². The van der Waals surface area contributed by atoms with Crippen molar-refractivity contribution in [3.05, 3.63) is 24.0 Å². The highest BCUT2D eigenvalue weighted by molar-refractivity contribution is 5.93. The van der Waals surface area contributed by atoms with Gasteiger partial charge in [0, 0.05) is 31.4 Å². The maximum Gasteiger partial charge on any atom is 0.224 e. The Hall–Kier alpha value is -2.72. The number of hydrogen-bond donors (Lipinski definition) is 2. The third-order valence-corrected chi connectivity index (χ3v) is 5.44. The van der Waals surface area contributed by atoms with Gasteiger partial charge in [-0.2, -0.15) is 10.2 Å². The van der Waals surface area contributed by atoms with Gasteiger partial charge in [0.2, 0.25) is 5.91 Å². The molecule has 0 aliphatic carbocycles. The van der Waals surface area contributed by atoms with Crippen LogP contribution < -0.4 is 5.32 Å². The molecule has 0 bridgehead atoms. The average molecular weight is 378 g/mol. The SMILES string of the molecule is C#CCCC1(CCC(=O)Nc2ccc3nc(CN4CCCCC4)[nH]c3c2)N=N1. The molecular formula is C21H26N6O. The molecule has 1 saturated heterocycles. The minimum absolute atomic E-state index is 0.0372. The summed E-state index contributed by atoms with van der Waals surface area (Å²) < 4.78 is 0. The van der Waals surface area contributed by atoms with Gasteiger partial charge in [0.25, 0.3) is 0 Å². The van der Waals surface area contributed by atoms with Gasteiger partial charge in [-0.05, 0) is 44.1 Å². The first-order valence-corrected chi connectivity index (χ1v) is 10.0. The second-order valence-electron chi connectivity index (χ2n) is 7.69. The Labute approximate surface area is 165 Å². The number of piperidine rings is 1. The zero-order valence-electron chi connectivity index (χ0n) is 16.1. The van der Waals surface area contributed by atoms with E-state index in [-0.39, 0.29) is 5.91 Å². The van der Waals surface area contributed by atoms with Crippen LogP contribution in [0.3, 0.4) is 0 Å². The Morgan fingerprint density at radius 3 is 2.82 bits per heavy atom. The van der Waals surface area contributed by atoms with Crippen molar-refractivity contribution >= 4 is 22.6 Å². The summed E-state index contributed by atoms with van der Waals surface area (Å²) in [5.41, 5.74) is 2.23. The lowest BCUT2D eigenvalue weighted by molar-refractivity contribution is -0.116. The highest BCUT2D eigenvalue weighted by atomic mass is 16.1. The summed E-state index contributed by atoms with van der Waals surface area (Å²) in [6, 6.07) is 5.78. The number of fused-ring (bicyclic) bond motifs is 1. The molecule has 7 heteroatoms. The van der Waals surface area contributed by atoms with Crippen LogP contribution in [0.25, 0.3) is 11.0 Å². The Kier molecular flexibility index (Phi) is 5.40. The molecule has 4 rings (SSSR count). The summed E-state index contributed by atoms with van der Waals surface area (Å²) in [4.78, 5) is 22.8. The molecule has 0 saturated carbocycles. The van der Waals surface area contributed by atoms with E-state index in [2.05, 4.69) is 36.3 Å². The van der Waals surface area contributed by atoms with Crippen LogP contribution in [-0.2, 0) is 11.3 Å². The van der Waals surface area contributed by atoms with E-state index in [4.69, 9.17) is 6.42 Å². The molecule has 2 aliphatic heterocycles. The maximum atomic E-state index is 12.3. The molecule has 7 nitrogen and oxygen atoms in total. The molecule has 0 radical (unpaired) electrons. The average Bonchev–Trinajstić information content (AvgIpc) is 3.37. The van der Waals surface area contributed by atoms with Crippen molar-refractivity contribution < 1.29 is 4.79 Å². The van der Waals surface area contributed by atoms with E-state index in [0.717, 1.165) is 48.6 Å². The van der Waals surface area contributed by atoms with Gasteiger partial charge in [-0.15, -0.1) is 12.3 Å². The Bertz CT molecular complexity index is 913. The lowest BCUT2D eigenvalue weighted by Crippen LogP contribution is -2.29. The van der Waals surface area contributed by atoms with E-state index in [0.29, 0.717) is 19.3 Å². The topological polar surface area (TPSA) is 85.7 Å². The molecule has 1 fully saturated rings. The van der Waals surface area contributed by atoms with Gasteiger partial charge in [0.05, 0.1) is 17.6 Å². The van der Waals surface area contributed by atoms with Crippen molar-refractivity contribution in [1.29, 1.82) is 0 Å². The molecule has 0 spiro atoms. The molecule has 0 atom stereocenters. The van der Waals surface area contributed by atoms with Gasteiger partial charge < -0.3 is 10.3 Å². The van der Waals surface area contributed by atoms with Crippen molar-refractivity contribution in [3.8, 4) is 12.3 Å². The minimum atomic E-state index is -0.416. The van der Waals surface area contributed by atoms with E-state index >= 15 is 0 Å². The summed E-state index contributed by atoms with van der Waals surface area (Å²) in [5, 5.41) is 11.1. The first kappa shape index (κ1) is 18.6. The number of nitrogens with one attached hydrogen (secondary N) is 2. The summed E-state index contributed by atoms with van der Waals surface area (Å²) in [5.74, 6) is 3.55. The fraction of sp³-hybridized carbons (Fsp3) is 0.524. The van der Waals surface area contributed by atoms with Crippen LogP contribution in [0, 0.1) is 12.3 Å². The number of aromatic nitrogens is 2. The van der Waals surface area contributed by atoms with Crippen LogP contribution in [-0.4, -0.2) is 39.5 Å². The molecule has 3 heterocycles. The van der Waals surface area contributed by atoms with Crippen molar-refractivity contribution in [2.45, 2.75) is 57.2 Å². The summed E-state index contributed by atoms with van der Waals surface area (Å²) >= 11 is 0. The van der Waals surface area contributed by atoms with Crippen LogP contribution in [0.2, 0.25) is 0 Å². The number of hydrogen-bond acceptors (Lipinski definition) is 5. The standard InChI is InChI=1S/C21H26N6O/c1-2-3-10-21(25-26-21)11-9-20(28)22-16-7-8-17-18(14-16)24-19(23-17)15-27-12-5-4-6-13-27/h1,7-8,14H,3-6,9-13,15H2,(H,22,28)(H,23,24). The van der Waals surface area contributed by atoms with Gasteiger partial charge in [0.1, 0.15) is 5.82 Å². The Balaban J connectivity index is 1.32. The lowest BCUT2D eigenvalue weighted by Gasteiger charge is -2.25. The van der Waals surface area contributed by atoms with E-state index in [1.54, 1.807) is 0 Å². The van der Waals surface area contributed by atoms with Crippen LogP contribution in [0.15, 0.2) is 28.4 Å². The molecule has 2 aromatic rings. The number of imidazole rings is 1. The number of benzene rings is 1. The highest BCUT2D eigenvalue weighted by Gasteiger charge is 2.39. The number of nitrogens with zero attached hydrogens (tertiary/aromatic N) is 4. The number of carbonyl (C=O) groups is 1. The van der Waals surface area contributed by atoms with Gasteiger partial charge in [-0.25, -0.2) is 4.98 Å². The summed E-state index contributed by atoms with van der Waals surface area (Å²) in [6.07, 6.45) is 11.5. The Morgan fingerprint density at radius 1 is 1.25 bits per heavy atom. The van der Waals surface area contributed by atoms with Crippen LogP contribution in [0.5, 0.6) is 0 Å². The number of amides is 1. The molecule has 146 valence electrons. The first-order chi connectivity index (χ1) is 13.7. The van der Waals surface area contributed by atoms with E-state index in [1.165, 1.54) is 19.3 Å². The third-order valence-electron chi connectivity index (χ3n) is 5.44. The van der Waals surface area contributed by atoms with E-state index < -0.39 is 5.66 Å². The largest absolute Gasteiger partial charge is 0.341 e. The number of likely N-dealkylation sites (tertiary alicyclic amines) is 1. The van der Waals surface area contributed by atoms with Crippen LogP contribution in [0.4, 0.5) is 5.69 Å². The number of anilines is 1. The second-order valence-corrected chi connectivity index (χ2v) is 7.69. The predicted octanol–water partition coefficient (Wildman–Crippen LogP) is 3.84. The highest BCUT2D eigenvalue weighted by Crippen LogP contribution is 2.37. The van der Waals surface area contributed by atoms with Gasteiger partial charge in [-0.1, -0.05) is 6.42 Å². The molecule has 2 aliphatic rings. The van der Waals surface area contributed by atoms with E-state index in [1.807, 2.05) is 18.2 Å². The quantitative estimate of drug-likeness (QED) is 0.684. The number of aromatic amines is 1.